The largest absolute Gasteiger partial charge is 0.391 e. The third-order valence-corrected chi connectivity index (χ3v) is 3.84. The minimum Gasteiger partial charge on any atom is -0.391 e. The molecular weight excluding hydrogens is 290 g/mol. The minimum absolute atomic E-state index is 0.187. The predicted octanol–water partition coefficient (Wildman–Crippen LogP) is 2.63. The van der Waals surface area contributed by atoms with E-state index in [1.807, 2.05) is 57.5 Å². The summed E-state index contributed by atoms with van der Waals surface area (Å²) < 4.78 is 1.85. The first-order chi connectivity index (χ1) is 10.7. The van der Waals surface area contributed by atoms with Crippen LogP contribution in [0.15, 0.2) is 30.3 Å². The highest BCUT2D eigenvalue weighted by atomic mass is 16.3. The van der Waals surface area contributed by atoms with Crippen molar-refractivity contribution in [1.29, 1.82) is 0 Å². The Balaban J connectivity index is 2.05. The molecule has 0 aliphatic carbocycles. The summed E-state index contributed by atoms with van der Waals surface area (Å²) in [6.45, 7) is 10.00. The fourth-order valence-electron chi connectivity index (χ4n) is 2.24. The lowest BCUT2D eigenvalue weighted by Gasteiger charge is -2.25. The first kappa shape index (κ1) is 17.2. The number of aromatic nitrogens is 2. The van der Waals surface area contributed by atoms with Crippen LogP contribution in [0.3, 0.4) is 0 Å². The lowest BCUT2D eigenvalue weighted by Crippen LogP contribution is -2.39. The standard InChI is InChI=1S/C18H25N3O2/c1-12-10-13(2)21(20-12)15-8-6-14(7-9-15)17(23)19-11-16(22)18(3,4)5/h6-10,16,22H,11H2,1-5H3,(H,19,23). The van der Waals surface area contributed by atoms with Gasteiger partial charge in [0.2, 0.25) is 0 Å². The van der Waals surface area contributed by atoms with E-state index >= 15 is 0 Å². The second kappa shape index (κ2) is 6.54. The van der Waals surface area contributed by atoms with Crippen molar-refractivity contribution in [3.05, 3.63) is 47.3 Å². The number of nitrogens with zero attached hydrogens (tertiary/aromatic N) is 2. The highest BCUT2D eigenvalue weighted by Crippen LogP contribution is 2.18. The highest BCUT2D eigenvalue weighted by molar-refractivity contribution is 5.94. The fraction of sp³-hybridized carbons (Fsp3) is 0.444. The number of hydrogen-bond donors (Lipinski definition) is 2. The Kier molecular flexibility index (Phi) is 4.90. The summed E-state index contributed by atoms with van der Waals surface area (Å²) in [4.78, 5) is 12.2. The van der Waals surface area contributed by atoms with Gasteiger partial charge in [0.05, 0.1) is 17.5 Å². The number of aryl methyl sites for hydroxylation is 2. The van der Waals surface area contributed by atoms with Gasteiger partial charge in [-0.2, -0.15) is 5.10 Å². The molecule has 2 rings (SSSR count). The van der Waals surface area contributed by atoms with E-state index in [4.69, 9.17) is 0 Å². The number of aliphatic hydroxyl groups is 1. The molecule has 0 saturated carbocycles. The van der Waals surface area contributed by atoms with Crippen molar-refractivity contribution >= 4 is 5.91 Å². The van der Waals surface area contributed by atoms with Crippen molar-refractivity contribution in [2.24, 2.45) is 5.41 Å². The summed E-state index contributed by atoms with van der Waals surface area (Å²) >= 11 is 0. The van der Waals surface area contributed by atoms with Gasteiger partial charge in [-0.3, -0.25) is 4.79 Å². The monoisotopic (exact) mass is 315 g/mol. The molecule has 0 fully saturated rings. The average Bonchev–Trinajstić information content (AvgIpc) is 2.82. The molecule has 1 atom stereocenters. The number of hydrogen-bond acceptors (Lipinski definition) is 3. The molecule has 0 spiro atoms. The van der Waals surface area contributed by atoms with Gasteiger partial charge < -0.3 is 10.4 Å². The molecule has 5 heteroatoms. The Morgan fingerprint density at radius 2 is 1.87 bits per heavy atom. The van der Waals surface area contributed by atoms with E-state index in [-0.39, 0.29) is 17.9 Å². The van der Waals surface area contributed by atoms with E-state index in [9.17, 15) is 9.90 Å². The predicted molar refractivity (Wildman–Crippen MR) is 90.8 cm³/mol. The molecule has 0 saturated heterocycles. The molecule has 2 aromatic rings. The number of nitrogens with one attached hydrogen (secondary N) is 1. The molecule has 1 amide bonds. The molecule has 2 N–H and O–H groups in total. The second-order valence-corrected chi connectivity index (χ2v) is 6.98. The smallest absolute Gasteiger partial charge is 0.251 e. The van der Waals surface area contributed by atoms with Crippen LogP contribution in [0.25, 0.3) is 5.69 Å². The SMILES string of the molecule is Cc1cc(C)n(-c2ccc(C(=O)NCC(O)C(C)(C)C)cc2)n1. The van der Waals surface area contributed by atoms with Crippen LogP contribution >= 0.6 is 0 Å². The van der Waals surface area contributed by atoms with Gasteiger partial charge in [0, 0.05) is 17.8 Å². The summed E-state index contributed by atoms with van der Waals surface area (Å²) in [6.07, 6.45) is -0.583. The van der Waals surface area contributed by atoms with Crippen molar-refractivity contribution < 1.29 is 9.90 Å². The Morgan fingerprint density at radius 3 is 2.35 bits per heavy atom. The first-order valence-electron chi connectivity index (χ1n) is 7.78. The molecule has 0 aliphatic rings. The van der Waals surface area contributed by atoms with Crippen LogP contribution in [-0.4, -0.2) is 33.4 Å². The van der Waals surface area contributed by atoms with Crippen molar-refractivity contribution in [2.75, 3.05) is 6.54 Å². The normalized spacial score (nSPS) is 13.0. The van der Waals surface area contributed by atoms with Crippen LogP contribution in [0.2, 0.25) is 0 Å². The van der Waals surface area contributed by atoms with Gasteiger partial charge in [0.15, 0.2) is 0 Å². The zero-order valence-electron chi connectivity index (χ0n) is 14.4. The van der Waals surface area contributed by atoms with Crippen molar-refractivity contribution in [3.63, 3.8) is 0 Å². The lowest BCUT2D eigenvalue weighted by atomic mass is 9.89. The number of rotatable bonds is 4. The third kappa shape index (κ3) is 4.20. The Bertz CT molecular complexity index is 681. The maximum atomic E-state index is 12.2. The van der Waals surface area contributed by atoms with Crippen LogP contribution in [0.1, 0.15) is 42.5 Å². The van der Waals surface area contributed by atoms with Crippen LogP contribution in [0.5, 0.6) is 0 Å². The van der Waals surface area contributed by atoms with Crippen LogP contribution in [0, 0.1) is 19.3 Å². The zero-order chi connectivity index (χ0) is 17.2. The molecule has 1 heterocycles. The minimum atomic E-state index is -0.583. The van der Waals surface area contributed by atoms with Gasteiger partial charge in [-0.25, -0.2) is 4.68 Å². The zero-order valence-corrected chi connectivity index (χ0v) is 14.4. The van der Waals surface area contributed by atoms with E-state index in [2.05, 4.69) is 10.4 Å². The molecule has 5 nitrogen and oxygen atoms in total. The summed E-state index contributed by atoms with van der Waals surface area (Å²) in [6, 6.07) is 9.28. The molecule has 124 valence electrons. The quantitative estimate of drug-likeness (QED) is 0.911. The maximum absolute atomic E-state index is 12.2. The second-order valence-electron chi connectivity index (χ2n) is 6.98. The number of carbonyl (C=O) groups excluding carboxylic acids is 1. The number of aliphatic hydroxyl groups excluding tert-OH is 1. The number of amides is 1. The highest BCUT2D eigenvalue weighted by Gasteiger charge is 2.22. The van der Waals surface area contributed by atoms with E-state index in [0.29, 0.717) is 5.56 Å². The number of carbonyl (C=O) groups is 1. The molecule has 1 aromatic heterocycles. The Labute approximate surface area is 137 Å². The molecule has 1 aromatic carbocycles. The summed E-state index contributed by atoms with van der Waals surface area (Å²) in [5, 5.41) is 17.2. The van der Waals surface area contributed by atoms with Gasteiger partial charge in [0.25, 0.3) is 5.91 Å². The Morgan fingerprint density at radius 1 is 1.26 bits per heavy atom. The van der Waals surface area contributed by atoms with Gasteiger partial charge >= 0.3 is 0 Å². The van der Waals surface area contributed by atoms with Crippen molar-refractivity contribution in [3.8, 4) is 5.69 Å². The van der Waals surface area contributed by atoms with Crippen molar-refractivity contribution in [1.82, 2.24) is 15.1 Å². The summed E-state index contributed by atoms with van der Waals surface area (Å²) in [5.74, 6) is -0.187. The maximum Gasteiger partial charge on any atom is 0.251 e. The average molecular weight is 315 g/mol. The Hall–Kier alpha value is -2.14. The molecular formula is C18H25N3O2. The van der Waals surface area contributed by atoms with Crippen LogP contribution in [0.4, 0.5) is 0 Å². The van der Waals surface area contributed by atoms with E-state index in [0.717, 1.165) is 17.1 Å². The third-order valence-electron chi connectivity index (χ3n) is 3.84. The van der Waals surface area contributed by atoms with Crippen molar-refractivity contribution in [2.45, 2.75) is 40.7 Å². The van der Waals surface area contributed by atoms with Gasteiger partial charge in [-0.15, -0.1) is 0 Å². The summed E-state index contributed by atoms with van der Waals surface area (Å²) in [7, 11) is 0. The lowest BCUT2D eigenvalue weighted by molar-refractivity contribution is 0.0587. The van der Waals surface area contributed by atoms with Gasteiger partial charge in [0.1, 0.15) is 0 Å². The van der Waals surface area contributed by atoms with E-state index in [1.54, 1.807) is 12.1 Å². The van der Waals surface area contributed by atoms with Gasteiger partial charge in [-0.05, 0) is 49.6 Å². The molecule has 0 radical (unpaired) electrons. The van der Waals surface area contributed by atoms with Crippen LogP contribution in [-0.2, 0) is 0 Å². The van der Waals surface area contributed by atoms with E-state index < -0.39 is 6.10 Å². The van der Waals surface area contributed by atoms with E-state index in [1.165, 1.54) is 0 Å². The fourth-order valence-corrected chi connectivity index (χ4v) is 2.24. The molecule has 0 aliphatic heterocycles. The van der Waals surface area contributed by atoms with Crippen LogP contribution < -0.4 is 5.32 Å². The molecule has 1 unspecified atom stereocenters. The van der Waals surface area contributed by atoms with Gasteiger partial charge in [-0.1, -0.05) is 20.8 Å². The first-order valence-corrected chi connectivity index (χ1v) is 7.78. The number of benzene rings is 1. The molecule has 0 bridgehead atoms. The molecule has 23 heavy (non-hydrogen) atoms. The topological polar surface area (TPSA) is 67.2 Å². The summed E-state index contributed by atoms with van der Waals surface area (Å²) in [5.41, 5.74) is 3.24.